The lowest BCUT2D eigenvalue weighted by Gasteiger charge is -2.08. The molecule has 17 heavy (non-hydrogen) atoms. The standard InChI is InChI=1S/C12H17N3O2/c1-8(2)12(16)14-7-9-3-5-10(6-4-9)11(13)15-17/h3-6,8,17H,7H2,1-2H3,(H2,13,15)(H,14,16). The highest BCUT2D eigenvalue weighted by Gasteiger charge is 2.06. The Kier molecular flexibility index (Phi) is 4.51. The van der Waals surface area contributed by atoms with Crippen LogP contribution in [0.5, 0.6) is 0 Å². The molecular weight excluding hydrogens is 218 g/mol. The fourth-order valence-corrected chi connectivity index (χ4v) is 1.24. The van der Waals surface area contributed by atoms with Crippen LogP contribution in [0.3, 0.4) is 0 Å². The summed E-state index contributed by atoms with van der Waals surface area (Å²) < 4.78 is 0. The van der Waals surface area contributed by atoms with E-state index >= 15 is 0 Å². The first-order valence-electron chi connectivity index (χ1n) is 5.39. The van der Waals surface area contributed by atoms with E-state index in [4.69, 9.17) is 10.9 Å². The quantitative estimate of drug-likeness (QED) is 0.315. The number of hydrogen-bond donors (Lipinski definition) is 3. The molecule has 1 amide bonds. The van der Waals surface area contributed by atoms with E-state index in [0.717, 1.165) is 5.56 Å². The van der Waals surface area contributed by atoms with Crippen LogP contribution in [-0.4, -0.2) is 17.0 Å². The molecule has 1 rings (SSSR count). The number of nitrogens with zero attached hydrogens (tertiary/aromatic N) is 1. The number of hydrogen-bond acceptors (Lipinski definition) is 3. The maximum Gasteiger partial charge on any atom is 0.222 e. The summed E-state index contributed by atoms with van der Waals surface area (Å²) in [7, 11) is 0. The number of carbonyl (C=O) groups is 1. The lowest BCUT2D eigenvalue weighted by atomic mass is 10.1. The molecule has 1 aromatic rings. The van der Waals surface area contributed by atoms with Gasteiger partial charge in [0.05, 0.1) is 0 Å². The average Bonchev–Trinajstić information content (AvgIpc) is 2.35. The molecule has 0 aliphatic heterocycles. The molecule has 0 unspecified atom stereocenters. The molecule has 0 heterocycles. The van der Waals surface area contributed by atoms with Gasteiger partial charge in [0.2, 0.25) is 5.91 Å². The van der Waals surface area contributed by atoms with Crippen molar-refractivity contribution >= 4 is 11.7 Å². The van der Waals surface area contributed by atoms with Crippen molar-refractivity contribution in [1.29, 1.82) is 0 Å². The van der Waals surface area contributed by atoms with E-state index in [1.807, 2.05) is 26.0 Å². The van der Waals surface area contributed by atoms with Gasteiger partial charge >= 0.3 is 0 Å². The number of benzene rings is 1. The van der Waals surface area contributed by atoms with E-state index in [2.05, 4.69) is 10.5 Å². The third kappa shape index (κ3) is 3.79. The van der Waals surface area contributed by atoms with Gasteiger partial charge in [0.1, 0.15) is 0 Å². The number of oxime groups is 1. The van der Waals surface area contributed by atoms with Gasteiger partial charge in [0, 0.05) is 18.0 Å². The Morgan fingerprint density at radius 1 is 1.41 bits per heavy atom. The number of amidine groups is 1. The number of nitrogens with two attached hydrogens (primary N) is 1. The molecule has 0 atom stereocenters. The molecular formula is C12H17N3O2. The van der Waals surface area contributed by atoms with Crippen LogP contribution in [0.4, 0.5) is 0 Å². The van der Waals surface area contributed by atoms with Crippen molar-refractivity contribution in [2.24, 2.45) is 16.8 Å². The molecule has 1 aromatic carbocycles. The summed E-state index contributed by atoms with van der Waals surface area (Å²) in [5.41, 5.74) is 7.05. The number of rotatable bonds is 4. The largest absolute Gasteiger partial charge is 0.409 e. The first-order valence-corrected chi connectivity index (χ1v) is 5.39. The Balaban J connectivity index is 2.60. The molecule has 5 heteroatoms. The van der Waals surface area contributed by atoms with Crippen LogP contribution in [0.1, 0.15) is 25.0 Å². The van der Waals surface area contributed by atoms with Crippen LogP contribution in [-0.2, 0) is 11.3 Å². The normalized spacial score (nSPS) is 11.6. The Labute approximate surface area is 100 Å². The van der Waals surface area contributed by atoms with Crippen LogP contribution in [0.15, 0.2) is 29.4 Å². The summed E-state index contributed by atoms with van der Waals surface area (Å²) in [6.45, 7) is 4.17. The highest BCUT2D eigenvalue weighted by Crippen LogP contribution is 2.04. The zero-order valence-electron chi connectivity index (χ0n) is 9.97. The van der Waals surface area contributed by atoms with E-state index in [-0.39, 0.29) is 17.7 Å². The molecule has 0 aliphatic rings. The van der Waals surface area contributed by atoms with Crippen molar-refractivity contribution in [3.8, 4) is 0 Å². The van der Waals surface area contributed by atoms with Gasteiger partial charge in [0.15, 0.2) is 5.84 Å². The topological polar surface area (TPSA) is 87.7 Å². The molecule has 0 saturated heterocycles. The van der Waals surface area contributed by atoms with Crippen LogP contribution in [0.25, 0.3) is 0 Å². The van der Waals surface area contributed by atoms with Gasteiger partial charge < -0.3 is 16.3 Å². The minimum absolute atomic E-state index is 0.0190. The van der Waals surface area contributed by atoms with Gasteiger partial charge in [-0.15, -0.1) is 0 Å². The maximum absolute atomic E-state index is 11.4. The van der Waals surface area contributed by atoms with Crippen molar-refractivity contribution in [2.45, 2.75) is 20.4 Å². The lowest BCUT2D eigenvalue weighted by Crippen LogP contribution is -2.27. The van der Waals surface area contributed by atoms with Gasteiger partial charge in [-0.1, -0.05) is 43.3 Å². The third-order valence-corrected chi connectivity index (χ3v) is 2.35. The molecule has 0 saturated carbocycles. The SMILES string of the molecule is CC(C)C(=O)NCc1ccc(/C(N)=N/O)cc1. The van der Waals surface area contributed by atoms with E-state index in [9.17, 15) is 4.79 Å². The molecule has 0 spiro atoms. The van der Waals surface area contributed by atoms with Gasteiger partial charge in [-0.3, -0.25) is 4.79 Å². The molecule has 0 fully saturated rings. The molecule has 0 aromatic heterocycles. The molecule has 4 N–H and O–H groups in total. The predicted octanol–water partition coefficient (Wildman–Crippen LogP) is 1.05. The number of amides is 1. The molecule has 5 nitrogen and oxygen atoms in total. The van der Waals surface area contributed by atoms with Crippen LogP contribution in [0.2, 0.25) is 0 Å². The fourth-order valence-electron chi connectivity index (χ4n) is 1.24. The van der Waals surface area contributed by atoms with Crippen LogP contribution < -0.4 is 11.1 Å². The van der Waals surface area contributed by atoms with Gasteiger partial charge in [-0.25, -0.2) is 0 Å². The van der Waals surface area contributed by atoms with E-state index in [1.54, 1.807) is 12.1 Å². The number of nitrogens with one attached hydrogen (secondary N) is 1. The van der Waals surface area contributed by atoms with Gasteiger partial charge in [-0.2, -0.15) is 0 Å². The van der Waals surface area contributed by atoms with Gasteiger partial charge in [-0.05, 0) is 5.56 Å². The van der Waals surface area contributed by atoms with Gasteiger partial charge in [0.25, 0.3) is 0 Å². The highest BCUT2D eigenvalue weighted by atomic mass is 16.4. The second-order valence-electron chi connectivity index (χ2n) is 4.05. The molecule has 0 aliphatic carbocycles. The second kappa shape index (κ2) is 5.89. The second-order valence-corrected chi connectivity index (χ2v) is 4.05. The van der Waals surface area contributed by atoms with E-state index in [0.29, 0.717) is 12.1 Å². The Morgan fingerprint density at radius 3 is 2.47 bits per heavy atom. The Morgan fingerprint density at radius 2 is 2.00 bits per heavy atom. The predicted molar refractivity (Wildman–Crippen MR) is 65.6 cm³/mol. The van der Waals surface area contributed by atoms with Crippen molar-refractivity contribution < 1.29 is 10.0 Å². The van der Waals surface area contributed by atoms with E-state index in [1.165, 1.54) is 0 Å². The molecule has 92 valence electrons. The van der Waals surface area contributed by atoms with Crippen LogP contribution >= 0.6 is 0 Å². The number of carbonyl (C=O) groups excluding carboxylic acids is 1. The zero-order chi connectivity index (χ0) is 12.8. The van der Waals surface area contributed by atoms with Crippen molar-refractivity contribution in [1.82, 2.24) is 5.32 Å². The van der Waals surface area contributed by atoms with Crippen molar-refractivity contribution in [3.63, 3.8) is 0 Å². The minimum atomic E-state index is -0.0218. The highest BCUT2D eigenvalue weighted by molar-refractivity contribution is 5.96. The average molecular weight is 235 g/mol. The first-order chi connectivity index (χ1) is 8.04. The minimum Gasteiger partial charge on any atom is -0.409 e. The van der Waals surface area contributed by atoms with Crippen molar-refractivity contribution in [2.75, 3.05) is 0 Å². The summed E-state index contributed by atoms with van der Waals surface area (Å²) in [5.74, 6) is 0.0692. The first kappa shape index (κ1) is 13.0. The lowest BCUT2D eigenvalue weighted by molar-refractivity contribution is -0.124. The maximum atomic E-state index is 11.4. The van der Waals surface area contributed by atoms with Crippen molar-refractivity contribution in [3.05, 3.63) is 35.4 Å². The summed E-state index contributed by atoms with van der Waals surface area (Å²) in [6, 6.07) is 7.14. The van der Waals surface area contributed by atoms with Crippen LogP contribution in [0, 0.1) is 5.92 Å². The molecule has 0 radical (unpaired) electrons. The smallest absolute Gasteiger partial charge is 0.222 e. The third-order valence-electron chi connectivity index (χ3n) is 2.35. The summed E-state index contributed by atoms with van der Waals surface area (Å²) in [6.07, 6.45) is 0. The fraction of sp³-hybridized carbons (Fsp3) is 0.333. The Bertz CT molecular complexity index is 410. The summed E-state index contributed by atoms with van der Waals surface area (Å²) in [5, 5.41) is 14.2. The summed E-state index contributed by atoms with van der Waals surface area (Å²) >= 11 is 0. The zero-order valence-corrected chi connectivity index (χ0v) is 9.97. The summed E-state index contributed by atoms with van der Waals surface area (Å²) in [4.78, 5) is 11.4. The Hall–Kier alpha value is -2.04. The molecule has 0 bridgehead atoms. The monoisotopic (exact) mass is 235 g/mol. The van der Waals surface area contributed by atoms with E-state index < -0.39 is 0 Å².